The van der Waals surface area contributed by atoms with E-state index in [1.54, 1.807) is 43.5 Å². The van der Waals surface area contributed by atoms with Gasteiger partial charge in [0.25, 0.3) is 0 Å². The van der Waals surface area contributed by atoms with Gasteiger partial charge in [-0.3, -0.25) is 9.10 Å². The largest absolute Gasteiger partial charge is 0.497 e. The third-order valence-electron chi connectivity index (χ3n) is 4.78. The molecule has 0 aliphatic carbocycles. The lowest BCUT2D eigenvalue weighted by Gasteiger charge is -2.23. The van der Waals surface area contributed by atoms with Gasteiger partial charge in [-0.1, -0.05) is 30.3 Å². The molecule has 1 amide bonds. The van der Waals surface area contributed by atoms with Crippen LogP contribution >= 0.6 is 0 Å². The van der Waals surface area contributed by atoms with Crippen LogP contribution in [0.5, 0.6) is 17.2 Å². The molecule has 0 aromatic heterocycles. The van der Waals surface area contributed by atoms with Gasteiger partial charge in [0.15, 0.2) is 0 Å². The Morgan fingerprint density at radius 3 is 2.03 bits per heavy atom. The summed E-state index contributed by atoms with van der Waals surface area (Å²) in [5.74, 6) is 1.54. The number of sulfonamides is 1. The van der Waals surface area contributed by atoms with Gasteiger partial charge in [-0.15, -0.1) is 0 Å². The second-order valence-corrected chi connectivity index (χ2v) is 9.15. The molecule has 0 saturated carbocycles. The van der Waals surface area contributed by atoms with Gasteiger partial charge >= 0.3 is 0 Å². The molecule has 32 heavy (non-hydrogen) atoms. The maximum atomic E-state index is 12.6. The van der Waals surface area contributed by atoms with Gasteiger partial charge in [0, 0.05) is 0 Å². The van der Waals surface area contributed by atoms with E-state index in [1.807, 2.05) is 49.4 Å². The fourth-order valence-electron chi connectivity index (χ4n) is 3.10. The van der Waals surface area contributed by atoms with E-state index < -0.39 is 15.9 Å². The van der Waals surface area contributed by atoms with Crippen LogP contribution in [0.1, 0.15) is 18.5 Å². The molecule has 0 spiro atoms. The topological polar surface area (TPSA) is 84.9 Å². The maximum absolute atomic E-state index is 12.6. The summed E-state index contributed by atoms with van der Waals surface area (Å²) in [7, 11) is -2.10. The van der Waals surface area contributed by atoms with Gasteiger partial charge in [-0.25, -0.2) is 8.42 Å². The summed E-state index contributed by atoms with van der Waals surface area (Å²) in [6, 6.07) is 22.8. The van der Waals surface area contributed by atoms with Gasteiger partial charge in [0.2, 0.25) is 15.9 Å². The number of nitrogens with one attached hydrogen (secondary N) is 1. The van der Waals surface area contributed by atoms with Crippen molar-refractivity contribution in [3.63, 3.8) is 0 Å². The number of amides is 1. The molecule has 168 valence electrons. The molecule has 0 aliphatic rings. The van der Waals surface area contributed by atoms with E-state index in [0.717, 1.165) is 21.9 Å². The number of hydrogen-bond acceptors (Lipinski definition) is 5. The second-order valence-electron chi connectivity index (χ2n) is 7.24. The predicted octanol–water partition coefficient (Wildman–Crippen LogP) is 4.13. The molecule has 1 atom stereocenters. The highest BCUT2D eigenvalue weighted by Gasteiger charge is 2.22. The Morgan fingerprint density at radius 1 is 0.906 bits per heavy atom. The van der Waals surface area contributed by atoms with Crippen molar-refractivity contribution >= 4 is 21.6 Å². The molecule has 0 fully saturated rings. The van der Waals surface area contributed by atoms with Crippen LogP contribution in [-0.2, 0) is 14.8 Å². The number of ether oxygens (including phenoxy) is 2. The van der Waals surface area contributed by atoms with E-state index in [0.29, 0.717) is 17.2 Å². The highest BCUT2D eigenvalue weighted by atomic mass is 32.2. The number of methoxy groups -OCH3 is 1. The van der Waals surface area contributed by atoms with Crippen LogP contribution < -0.4 is 19.1 Å². The molecule has 0 bridgehead atoms. The quantitative estimate of drug-likeness (QED) is 0.526. The van der Waals surface area contributed by atoms with Crippen LogP contribution in [0.3, 0.4) is 0 Å². The smallest absolute Gasteiger partial charge is 0.241 e. The van der Waals surface area contributed by atoms with Crippen molar-refractivity contribution in [2.75, 3.05) is 24.2 Å². The minimum absolute atomic E-state index is 0.295. The molecule has 0 heterocycles. The lowest BCUT2D eigenvalue weighted by Crippen LogP contribution is -2.41. The summed E-state index contributed by atoms with van der Waals surface area (Å²) in [5.41, 5.74) is 1.26. The van der Waals surface area contributed by atoms with Crippen LogP contribution in [-0.4, -0.2) is 34.2 Å². The van der Waals surface area contributed by atoms with Crippen molar-refractivity contribution in [1.82, 2.24) is 5.32 Å². The third kappa shape index (κ3) is 6.24. The van der Waals surface area contributed by atoms with Crippen molar-refractivity contribution in [2.24, 2.45) is 0 Å². The summed E-state index contributed by atoms with van der Waals surface area (Å²) in [6.07, 6.45) is 1.07. The Bertz CT molecular complexity index is 1130. The molecule has 3 aromatic rings. The molecule has 1 N–H and O–H groups in total. The van der Waals surface area contributed by atoms with Gasteiger partial charge in [0.1, 0.15) is 23.8 Å². The summed E-state index contributed by atoms with van der Waals surface area (Å²) >= 11 is 0. The first-order valence-corrected chi connectivity index (χ1v) is 11.8. The van der Waals surface area contributed by atoms with Gasteiger partial charge in [0.05, 0.1) is 25.1 Å². The highest BCUT2D eigenvalue weighted by molar-refractivity contribution is 7.92. The Morgan fingerprint density at radius 2 is 1.47 bits per heavy atom. The number of carbonyl (C=O) groups excluding carboxylic acids is 1. The van der Waals surface area contributed by atoms with E-state index >= 15 is 0 Å². The van der Waals surface area contributed by atoms with E-state index in [-0.39, 0.29) is 12.6 Å². The molecule has 0 saturated heterocycles. The van der Waals surface area contributed by atoms with Crippen LogP contribution in [0.4, 0.5) is 5.69 Å². The first-order valence-electron chi connectivity index (χ1n) is 10.0. The van der Waals surface area contributed by atoms with Crippen molar-refractivity contribution in [3.05, 3.63) is 84.4 Å². The minimum Gasteiger partial charge on any atom is -0.497 e. The number of benzene rings is 3. The molecule has 0 radical (unpaired) electrons. The number of rotatable bonds is 9. The molecular formula is C24H26N2O5S. The fourth-order valence-corrected chi connectivity index (χ4v) is 3.95. The Hall–Kier alpha value is -3.52. The Balaban J connectivity index is 1.68. The van der Waals surface area contributed by atoms with Crippen LogP contribution in [0.15, 0.2) is 78.9 Å². The van der Waals surface area contributed by atoms with Crippen LogP contribution in [0.25, 0.3) is 0 Å². The number of para-hydroxylation sites is 1. The Labute approximate surface area is 188 Å². The van der Waals surface area contributed by atoms with E-state index in [2.05, 4.69) is 5.32 Å². The molecular weight excluding hydrogens is 428 g/mol. The van der Waals surface area contributed by atoms with E-state index in [1.165, 1.54) is 0 Å². The van der Waals surface area contributed by atoms with Crippen molar-refractivity contribution in [3.8, 4) is 17.2 Å². The van der Waals surface area contributed by atoms with Crippen molar-refractivity contribution in [1.29, 1.82) is 0 Å². The van der Waals surface area contributed by atoms with Crippen LogP contribution in [0, 0.1) is 0 Å². The SMILES string of the molecule is COc1ccc([C@@H](C)NC(=O)CN(c2ccc(Oc3ccccc3)cc2)S(C)(=O)=O)cc1. The monoisotopic (exact) mass is 454 g/mol. The summed E-state index contributed by atoms with van der Waals surface area (Å²) in [5, 5.41) is 2.84. The molecule has 0 aliphatic heterocycles. The van der Waals surface area contributed by atoms with E-state index in [9.17, 15) is 13.2 Å². The highest BCUT2D eigenvalue weighted by Crippen LogP contribution is 2.25. The zero-order valence-electron chi connectivity index (χ0n) is 18.2. The Kier molecular flexibility index (Phi) is 7.37. The fraction of sp³-hybridized carbons (Fsp3) is 0.208. The summed E-state index contributed by atoms with van der Waals surface area (Å²) < 4.78 is 36.7. The second kappa shape index (κ2) is 10.2. The molecule has 7 nitrogen and oxygen atoms in total. The third-order valence-corrected chi connectivity index (χ3v) is 5.93. The number of hydrogen-bond donors (Lipinski definition) is 1. The minimum atomic E-state index is -3.68. The van der Waals surface area contributed by atoms with Gasteiger partial charge in [-0.05, 0) is 61.0 Å². The first kappa shape index (κ1) is 23.1. The number of anilines is 1. The zero-order chi connectivity index (χ0) is 23.1. The number of nitrogens with zero attached hydrogens (tertiary/aromatic N) is 1. The maximum Gasteiger partial charge on any atom is 0.241 e. The van der Waals surface area contributed by atoms with Gasteiger partial charge < -0.3 is 14.8 Å². The normalized spacial score (nSPS) is 12.0. The van der Waals surface area contributed by atoms with Gasteiger partial charge in [-0.2, -0.15) is 0 Å². The standard InChI is InChI=1S/C24H26N2O5S/c1-18(19-9-13-21(30-2)14-10-19)25-24(27)17-26(32(3,28)29)20-11-15-23(16-12-20)31-22-7-5-4-6-8-22/h4-16,18H,17H2,1-3H3,(H,25,27)/t18-/m1/s1. The average Bonchev–Trinajstić information content (AvgIpc) is 2.78. The lowest BCUT2D eigenvalue weighted by molar-refractivity contribution is -0.120. The van der Waals surface area contributed by atoms with Crippen molar-refractivity contribution < 1.29 is 22.7 Å². The first-order chi connectivity index (χ1) is 15.3. The molecule has 8 heteroatoms. The zero-order valence-corrected chi connectivity index (χ0v) is 19.0. The summed E-state index contributed by atoms with van der Waals surface area (Å²) in [4.78, 5) is 12.6. The molecule has 0 unspecified atom stereocenters. The van der Waals surface area contributed by atoms with Crippen molar-refractivity contribution in [2.45, 2.75) is 13.0 Å². The molecule has 3 aromatic carbocycles. The predicted molar refractivity (Wildman–Crippen MR) is 125 cm³/mol. The van der Waals surface area contributed by atoms with E-state index in [4.69, 9.17) is 9.47 Å². The lowest BCUT2D eigenvalue weighted by atomic mass is 10.1. The average molecular weight is 455 g/mol. The number of carbonyl (C=O) groups is 1. The summed E-state index contributed by atoms with van der Waals surface area (Å²) in [6.45, 7) is 1.50. The van der Waals surface area contributed by atoms with Crippen LogP contribution in [0.2, 0.25) is 0 Å². The molecule has 3 rings (SSSR count).